The standard InChI is InChI=1S/C9H14N2O5S2/c1-9(2,4-12)11-18(14,15)8-6(7(13)16-3)10-5-17-8/h5,11-12H,4H2,1-3H3. The Bertz CT molecular complexity index is 535. The molecule has 1 aromatic rings. The molecular formula is C9H14N2O5S2. The van der Waals surface area contributed by atoms with Crippen LogP contribution in [-0.2, 0) is 14.8 Å². The first-order valence-electron chi connectivity index (χ1n) is 4.90. The number of thiazole rings is 1. The summed E-state index contributed by atoms with van der Waals surface area (Å²) in [6.07, 6.45) is 0. The molecule has 0 aromatic carbocycles. The number of aliphatic hydroxyl groups excluding tert-OH is 1. The lowest BCUT2D eigenvalue weighted by atomic mass is 10.1. The molecule has 0 spiro atoms. The molecule has 0 bridgehead atoms. The predicted octanol–water partition coefficient (Wildman–Crippen LogP) is -0.0211. The van der Waals surface area contributed by atoms with Crippen molar-refractivity contribution in [2.45, 2.75) is 23.6 Å². The summed E-state index contributed by atoms with van der Waals surface area (Å²) in [6.45, 7) is 2.66. The molecule has 0 atom stereocenters. The molecule has 0 saturated heterocycles. The minimum Gasteiger partial charge on any atom is -0.464 e. The fourth-order valence-corrected chi connectivity index (χ4v) is 3.64. The van der Waals surface area contributed by atoms with Gasteiger partial charge in [-0.15, -0.1) is 11.3 Å². The molecule has 0 amide bonds. The Labute approximate surface area is 109 Å². The fourth-order valence-electron chi connectivity index (χ4n) is 1.10. The van der Waals surface area contributed by atoms with Gasteiger partial charge in [0, 0.05) is 0 Å². The molecule has 1 aromatic heterocycles. The molecule has 0 saturated carbocycles. The van der Waals surface area contributed by atoms with Crippen LogP contribution in [0.1, 0.15) is 24.3 Å². The first kappa shape index (κ1) is 15.0. The second-order valence-corrected chi connectivity index (χ2v) is 6.86. The van der Waals surface area contributed by atoms with Crippen molar-refractivity contribution in [2.75, 3.05) is 13.7 Å². The molecule has 0 unspecified atom stereocenters. The second kappa shape index (κ2) is 5.31. The molecule has 18 heavy (non-hydrogen) atoms. The van der Waals surface area contributed by atoms with Crippen molar-refractivity contribution >= 4 is 27.3 Å². The maximum atomic E-state index is 12.0. The summed E-state index contributed by atoms with van der Waals surface area (Å²) >= 11 is 0.807. The summed E-state index contributed by atoms with van der Waals surface area (Å²) < 4.78 is 30.6. The SMILES string of the molecule is COC(=O)c1ncsc1S(=O)(=O)NC(C)(C)CO. The number of esters is 1. The van der Waals surface area contributed by atoms with Crippen LogP contribution in [0.5, 0.6) is 0 Å². The Morgan fingerprint density at radius 3 is 2.72 bits per heavy atom. The third kappa shape index (κ3) is 3.25. The zero-order chi connectivity index (χ0) is 14.0. The Kier molecular flexibility index (Phi) is 4.43. The molecule has 2 N–H and O–H groups in total. The third-order valence-electron chi connectivity index (χ3n) is 1.96. The van der Waals surface area contributed by atoms with Crippen LogP contribution < -0.4 is 4.72 Å². The van der Waals surface area contributed by atoms with Gasteiger partial charge in [0.25, 0.3) is 10.0 Å². The van der Waals surface area contributed by atoms with Crippen LogP contribution in [0.25, 0.3) is 0 Å². The van der Waals surface area contributed by atoms with Gasteiger partial charge in [-0.2, -0.15) is 0 Å². The van der Waals surface area contributed by atoms with E-state index in [2.05, 4.69) is 14.4 Å². The van der Waals surface area contributed by atoms with E-state index in [-0.39, 0.29) is 16.5 Å². The van der Waals surface area contributed by atoms with Crippen molar-refractivity contribution in [1.82, 2.24) is 9.71 Å². The van der Waals surface area contributed by atoms with E-state index in [1.54, 1.807) is 0 Å². The normalized spacial score (nSPS) is 12.4. The van der Waals surface area contributed by atoms with Crippen LogP contribution in [0, 0.1) is 0 Å². The number of sulfonamides is 1. The van der Waals surface area contributed by atoms with Crippen molar-refractivity contribution in [3.05, 3.63) is 11.2 Å². The maximum absolute atomic E-state index is 12.0. The van der Waals surface area contributed by atoms with E-state index in [0.29, 0.717) is 0 Å². The summed E-state index contributed by atoms with van der Waals surface area (Å²) in [5.74, 6) is -0.821. The smallest absolute Gasteiger partial charge is 0.358 e. The summed E-state index contributed by atoms with van der Waals surface area (Å²) in [5.41, 5.74) is -0.0491. The van der Waals surface area contributed by atoms with E-state index in [4.69, 9.17) is 5.11 Å². The summed E-state index contributed by atoms with van der Waals surface area (Å²) in [6, 6.07) is 0. The number of methoxy groups -OCH3 is 1. The van der Waals surface area contributed by atoms with Crippen molar-refractivity contribution in [3.63, 3.8) is 0 Å². The Balaban J connectivity index is 3.14. The van der Waals surface area contributed by atoms with E-state index in [9.17, 15) is 13.2 Å². The average molecular weight is 294 g/mol. The molecule has 1 rings (SSSR count). The number of hydrogen-bond donors (Lipinski definition) is 2. The number of aromatic nitrogens is 1. The molecule has 7 nitrogen and oxygen atoms in total. The van der Waals surface area contributed by atoms with Crippen LogP contribution >= 0.6 is 11.3 Å². The fraction of sp³-hybridized carbons (Fsp3) is 0.556. The topological polar surface area (TPSA) is 106 Å². The largest absolute Gasteiger partial charge is 0.464 e. The molecule has 9 heteroatoms. The average Bonchev–Trinajstić information content (AvgIpc) is 2.76. The van der Waals surface area contributed by atoms with Gasteiger partial charge in [0.05, 0.1) is 24.8 Å². The number of nitrogens with one attached hydrogen (secondary N) is 1. The number of rotatable bonds is 5. The van der Waals surface area contributed by atoms with E-state index >= 15 is 0 Å². The Hall–Kier alpha value is -1.03. The lowest BCUT2D eigenvalue weighted by Crippen LogP contribution is -2.46. The van der Waals surface area contributed by atoms with Crippen molar-refractivity contribution in [2.24, 2.45) is 0 Å². The van der Waals surface area contributed by atoms with Gasteiger partial charge in [0.15, 0.2) is 9.90 Å². The van der Waals surface area contributed by atoms with Crippen molar-refractivity contribution in [3.8, 4) is 0 Å². The van der Waals surface area contributed by atoms with Crippen LogP contribution in [0.3, 0.4) is 0 Å². The quantitative estimate of drug-likeness (QED) is 0.739. The van der Waals surface area contributed by atoms with Crippen LogP contribution in [0.2, 0.25) is 0 Å². The van der Waals surface area contributed by atoms with Gasteiger partial charge in [0.2, 0.25) is 0 Å². The van der Waals surface area contributed by atoms with Gasteiger partial charge >= 0.3 is 5.97 Å². The molecule has 102 valence electrons. The summed E-state index contributed by atoms with van der Waals surface area (Å²) in [7, 11) is -2.79. The lowest BCUT2D eigenvalue weighted by molar-refractivity contribution is 0.0590. The van der Waals surface area contributed by atoms with Crippen molar-refractivity contribution in [1.29, 1.82) is 0 Å². The highest BCUT2D eigenvalue weighted by Crippen LogP contribution is 2.22. The van der Waals surface area contributed by atoms with Gasteiger partial charge in [-0.05, 0) is 13.8 Å². The first-order chi connectivity index (χ1) is 8.23. The van der Waals surface area contributed by atoms with Gasteiger partial charge in [-0.25, -0.2) is 22.9 Å². The van der Waals surface area contributed by atoms with Crippen LogP contribution in [-0.4, -0.2) is 43.7 Å². The number of hydrogen-bond acceptors (Lipinski definition) is 7. The van der Waals surface area contributed by atoms with Gasteiger partial charge in [-0.3, -0.25) is 0 Å². The molecule has 0 aliphatic heterocycles. The van der Waals surface area contributed by atoms with Crippen molar-refractivity contribution < 1.29 is 23.1 Å². The summed E-state index contributed by atoms with van der Waals surface area (Å²) in [4.78, 5) is 15.0. The highest BCUT2D eigenvalue weighted by atomic mass is 32.2. The first-order valence-corrected chi connectivity index (χ1v) is 7.26. The van der Waals surface area contributed by atoms with E-state index in [1.165, 1.54) is 19.4 Å². The van der Waals surface area contributed by atoms with E-state index < -0.39 is 21.5 Å². The number of carbonyl (C=O) groups is 1. The van der Waals surface area contributed by atoms with Crippen LogP contribution in [0.4, 0.5) is 0 Å². The zero-order valence-corrected chi connectivity index (χ0v) is 11.8. The molecule has 0 aliphatic carbocycles. The molecule has 0 aliphatic rings. The highest BCUT2D eigenvalue weighted by molar-refractivity contribution is 7.91. The Morgan fingerprint density at radius 1 is 1.61 bits per heavy atom. The highest BCUT2D eigenvalue weighted by Gasteiger charge is 2.31. The molecule has 0 fully saturated rings. The monoisotopic (exact) mass is 294 g/mol. The minimum absolute atomic E-state index is 0.226. The lowest BCUT2D eigenvalue weighted by Gasteiger charge is -2.22. The van der Waals surface area contributed by atoms with Gasteiger partial charge < -0.3 is 9.84 Å². The van der Waals surface area contributed by atoms with E-state index in [1.807, 2.05) is 0 Å². The number of carbonyl (C=O) groups excluding carboxylic acids is 1. The number of ether oxygens (including phenoxy) is 1. The third-order valence-corrected chi connectivity index (χ3v) is 5.03. The Morgan fingerprint density at radius 2 is 2.22 bits per heavy atom. The van der Waals surface area contributed by atoms with Gasteiger partial charge in [0.1, 0.15) is 0 Å². The molecular weight excluding hydrogens is 280 g/mol. The maximum Gasteiger partial charge on any atom is 0.358 e. The summed E-state index contributed by atoms with van der Waals surface area (Å²) in [5, 5.41) is 9.05. The zero-order valence-electron chi connectivity index (χ0n) is 10.1. The number of aliphatic hydroxyl groups is 1. The molecule has 0 radical (unpaired) electrons. The molecule has 1 heterocycles. The predicted molar refractivity (Wildman–Crippen MR) is 64.9 cm³/mol. The van der Waals surface area contributed by atoms with Crippen LogP contribution in [0.15, 0.2) is 9.72 Å². The minimum atomic E-state index is -3.93. The van der Waals surface area contributed by atoms with Gasteiger partial charge in [-0.1, -0.05) is 0 Å². The second-order valence-electron chi connectivity index (χ2n) is 4.13. The van der Waals surface area contributed by atoms with E-state index in [0.717, 1.165) is 18.4 Å². The number of nitrogens with zero attached hydrogens (tertiary/aromatic N) is 1.